The summed E-state index contributed by atoms with van der Waals surface area (Å²) in [5.74, 6) is 0. The number of aromatic nitrogens is 2. The van der Waals surface area contributed by atoms with Crippen LogP contribution in [-0.2, 0) is 13.5 Å². The lowest BCUT2D eigenvalue weighted by Gasteiger charge is -2.07. The number of hydrogen-bond donors (Lipinski definition) is 0. The van der Waals surface area contributed by atoms with Crippen molar-refractivity contribution in [3.63, 3.8) is 0 Å². The maximum Gasteiger partial charge on any atom is 0.0949 e. The van der Waals surface area contributed by atoms with E-state index in [9.17, 15) is 0 Å². The second-order valence-electron chi connectivity index (χ2n) is 4.42. The van der Waals surface area contributed by atoms with Gasteiger partial charge in [0.05, 0.1) is 12.0 Å². The van der Waals surface area contributed by atoms with E-state index >= 15 is 0 Å². The van der Waals surface area contributed by atoms with Crippen molar-refractivity contribution >= 4 is 0 Å². The third-order valence-corrected chi connectivity index (χ3v) is 3.41. The van der Waals surface area contributed by atoms with E-state index in [1.54, 1.807) is 0 Å². The van der Waals surface area contributed by atoms with Gasteiger partial charge in [-0.25, -0.2) is 4.98 Å². The molecule has 2 nitrogen and oxygen atoms in total. The summed E-state index contributed by atoms with van der Waals surface area (Å²) in [6, 6.07) is 6.47. The molecule has 0 bridgehead atoms. The van der Waals surface area contributed by atoms with E-state index in [1.165, 1.54) is 28.1 Å². The lowest BCUT2D eigenvalue weighted by Crippen LogP contribution is -1.97. The van der Waals surface area contributed by atoms with Crippen molar-refractivity contribution in [2.45, 2.75) is 27.2 Å². The molecule has 0 amide bonds. The van der Waals surface area contributed by atoms with Crippen LogP contribution in [0.2, 0.25) is 0 Å². The number of benzene rings is 1. The van der Waals surface area contributed by atoms with E-state index in [0.717, 1.165) is 6.42 Å². The minimum atomic E-state index is 0.931. The highest BCUT2D eigenvalue weighted by atomic mass is 15.0. The van der Waals surface area contributed by atoms with Gasteiger partial charge in [0.1, 0.15) is 0 Å². The Kier molecular flexibility index (Phi) is 2.82. The van der Waals surface area contributed by atoms with Crippen molar-refractivity contribution in [1.82, 2.24) is 9.55 Å². The monoisotopic (exact) mass is 214 g/mol. The molecule has 0 aliphatic carbocycles. The van der Waals surface area contributed by atoms with Gasteiger partial charge in [-0.3, -0.25) is 0 Å². The molecule has 84 valence electrons. The predicted molar refractivity (Wildman–Crippen MR) is 66.7 cm³/mol. The lowest BCUT2D eigenvalue weighted by molar-refractivity contribution is 0.868. The second-order valence-corrected chi connectivity index (χ2v) is 4.42. The summed E-state index contributed by atoms with van der Waals surface area (Å²) in [4.78, 5) is 4.44. The van der Waals surface area contributed by atoms with Crippen molar-refractivity contribution in [3.8, 4) is 0 Å². The van der Waals surface area contributed by atoms with Crippen LogP contribution in [0.1, 0.15) is 28.1 Å². The summed E-state index contributed by atoms with van der Waals surface area (Å²) in [5.41, 5.74) is 6.54. The van der Waals surface area contributed by atoms with Gasteiger partial charge in [0.2, 0.25) is 0 Å². The largest absolute Gasteiger partial charge is 0.338 e. The highest BCUT2D eigenvalue weighted by molar-refractivity contribution is 5.36. The molecule has 0 fully saturated rings. The Balaban J connectivity index is 2.34. The average molecular weight is 214 g/mol. The van der Waals surface area contributed by atoms with Crippen LogP contribution in [0.15, 0.2) is 24.5 Å². The fraction of sp³-hybridized carbons (Fsp3) is 0.357. The number of aryl methyl sites for hydroxylation is 2. The van der Waals surface area contributed by atoms with E-state index in [4.69, 9.17) is 0 Å². The zero-order chi connectivity index (χ0) is 11.7. The molecule has 0 saturated carbocycles. The Morgan fingerprint density at radius 2 is 1.94 bits per heavy atom. The molecular formula is C14H18N2. The van der Waals surface area contributed by atoms with Gasteiger partial charge < -0.3 is 4.57 Å². The van der Waals surface area contributed by atoms with Crippen LogP contribution in [0.5, 0.6) is 0 Å². The molecule has 0 aliphatic rings. The second kappa shape index (κ2) is 4.12. The lowest BCUT2D eigenvalue weighted by atomic mass is 9.99. The van der Waals surface area contributed by atoms with Crippen LogP contribution in [0.3, 0.4) is 0 Å². The van der Waals surface area contributed by atoms with Crippen molar-refractivity contribution in [2.75, 3.05) is 0 Å². The van der Waals surface area contributed by atoms with Crippen molar-refractivity contribution in [3.05, 3.63) is 52.6 Å². The minimum absolute atomic E-state index is 0.931. The molecule has 0 saturated heterocycles. The molecule has 0 atom stereocenters. The molecule has 2 aromatic rings. The highest BCUT2D eigenvalue weighted by Gasteiger charge is 2.07. The number of rotatable bonds is 2. The van der Waals surface area contributed by atoms with E-state index in [2.05, 4.69) is 48.5 Å². The van der Waals surface area contributed by atoms with Gasteiger partial charge in [-0.2, -0.15) is 0 Å². The molecular weight excluding hydrogens is 196 g/mol. The summed E-state index contributed by atoms with van der Waals surface area (Å²) < 4.78 is 2.07. The molecule has 2 rings (SSSR count). The fourth-order valence-corrected chi connectivity index (χ4v) is 1.90. The van der Waals surface area contributed by atoms with Gasteiger partial charge >= 0.3 is 0 Å². The Hall–Kier alpha value is -1.57. The molecule has 0 radical (unpaired) electrons. The molecule has 1 aromatic heterocycles. The van der Waals surface area contributed by atoms with Gasteiger partial charge in [-0.1, -0.05) is 18.2 Å². The van der Waals surface area contributed by atoms with Crippen LogP contribution >= 0.6 is 0 Å². The van der Waals surface area contributed by atoms with Gasteiger partial charge in [-0.05, 0) is 37.5 Å². The Morgan fingerprint density at radius 3 is 2.56 bits per heavy atom. The standard InChI is InChI=1S/C14H18N2/c1-10-6-5-7-13(11(10)2)8-14-12(3)16(4)9-15-14/h5-7,9H,8H2,1-4H3. The highest BCUT2D eigenvalue weighted by Crippen LogP contribution is 2.17. The van der Waals surface area contributed by atoms with E-state index in [-0.39, 0.29) is 0 Å². The quantitative estimate of drug-likeness (QED) is 0.751. The van der Waals surface area contributed by atoms with Gasteiger partial charge in [0.15, 0.2) is 0 Å². The van der Waals surface area contributed by atoms with E-state index in [0.29, 0.717) is 0 Å². The van der Waals surface area contributed by atoms with Crippen molar-refractivity contribution < 1.29 is 0 Å². The number of nitrogens with zero attached hydrogens (tertiary/aromatic N) is 2. The predicted octanol–water partition coefficient (Wildman–Crippen LogP) is 2.94. The Labute approximate surface area is 97.0 Å². The Morgan fingerprint density at radius 1 is 1.19 bits per heavy atom. The first-order chi connectivity index (χ1) is 7.59. The molecule has 0 N–H and O–H groups in total. The first-order valence-corrected chi connectivity index (χ1v) is 5.61. The van der Waals surface area contributed by atoms with Gasteiger partial charge in [0, 0.05) is 19.2 Å². The molecule has 1 heterocycles. The third kappa shape index (κ3) is 1.87. The van der Waals surface area contributed by atoms with Crippen LogP contribution in [0.4, 0.5) is 0 Å². The molecule has 1 aromatic carbocycles. The maximum atomic E-state index is 4.44. The maximum absolute atomic E-state index is 4.44. The average Bonchev–Trinajstić information content (AvgIpc) is 2.57. The van der Waals surface area contributed by atoms with E-state index in [1.807, 2.05) is 13.4 Å². The molecule has 2 heteroatoms. The fourth-order valence-electron chi connectivity index (χ4n) is 1.90. The summed E-state index contributed by atoms with van der Waals surface area (Å²) >= 11 is 0. The minimum Gasteiger partial charge on any atom is -0.338 e. The number of hydrogen-bond acceptors (Lipinski definition) is 1. The summed E-state index contributed by atoms with van der Waals surface area (Å²) in [7, 11) is 2.04. The molecule has 0 unspecified atom stereocenters. The Bertz CT molecular complexity index is 509. The van der Waals surface area contributed by atoms with Gasteiger partial charge in [-0.15, -0.1) is 0 Å². The topological polar surface area (TPSA) is 17.8 Å². The smallest absolute Gasteiger partial charge is 0.0949 e. The van der Waals surface area contributed by atoms with E-state index < -0.39 is 0 Å². The third-order valence-electron chi connectivity index (χ3n) is 3.41. The molecule has 0 aliphatic heterocycles. The van der Waals surface area contributed by atoms with Crippen LogP contribution in [0, 0.1) is 20.8 Å². The first-order valence-electron chi connectivity index (χ1n) is 5.61. The van der Waals surface area contributed by atoms with Gasteiger partial charge in [0.25, 0.3) is 0 Å². The zero-order valence-electron chi connectivity index (χ0n) is 10.4. The van der Waals surface area contributed by atoms with Crippen molar-refractivity contribution in [1.29, 1.82) is 0 Å². The van der Waals surface area contributed by atoms with Crippen LogP contribution in [-0.4, -0.2) is 9.55 Å². The summed E-state index contributed by atoms with van der Waals surface area (Å²) in [6.07, 6.45) is 2.82. The first kappa shape index (κ1) is 10.9. The normalized spacial score (nSPS) is 10.8. The number of imidazole rings is 1. The summed E-state index contributed by atoms with van der Waals surface area (Å²) in [6.45, 7) is 6.46. The zero-order valence-corrected chi connectivity index (χ0v) is 10.4. The molecule has 0 spiro atoms. The van der Waals surface area contributed by atoms with Crippen molar-refractivity contribution in [2.24, 2.45) is 7.05 Å². The SMILES string of the molecule is Cc1cccc(Cc2ncn(C)c2C)c1C. The van der Waals surface area contributed by atoms with Crippen LogP contribution in [0.25, 0.3) is 0 Å². The van der Waals surface area contributed by atoms with Crippen LogP contribution < -0.4 is 0 Å². The molecule has 16 heavy (non-hydrogen) atoms. The summed E-state index contributed by atoms with van der Waals surface area (Å²) in [5, 5.41) is 0.